The van der Waals surface area contributed by atoms with Gasteiger partial charge in [0, 0.05) is 22.7 Å². The Labute approximate surface area is 253 Å². The van der Waals surface area contributed by atoms with E-state index in [1.165, 1.54) is 152 Å². The van der Waals surface area contributed by atoms with Crippen molar-refractivity contribution in [1.29, 1.82) is 0 Å². The second-order valence-corrected chi connectivity index (χ2v) is 56.1. The molecule has 192 valence electrons. The van der Waals surface area contributed by atoms with Crippen molar-refractivity contribution in [2.45, 2.75) is 39.0 Å². The molecule has 36 heavy (non-hydrogen) atoms. The Balaban J connectivity index is 2.47. The number of rotatable bonds is 12. The van der Waals surface area contributed by atoms with E-state index in [-0.39, 0.29) is 18.2 Å². The SMILES string of the molecule is CC1[C@H](C)C(COP(#P)P=PP=PP=PP=PP)O[C@@H](C)[C@H]1N=PP=PP=PP=PP=PP=PP=P. The van der Waals surface area contributed by atoms with Crippen LogP contribution in [0.3, 0.4) is 0 Å². The zero-order valence-corrected chi connectivity index (χ0v) is 40.6. The first-order valence-corrected chi connectivity index (χ1v) is 46.0. The third kappa shape index (κ3) is 21.8. The van der Waals surface area contributed by atoms with Gasteiger partial charge in [-0.15, -0.1) is 0 Å². The summed E-state index contributed by atoms with van der Waals surface area (Å²) in [6.45, 7) is 6.78. The normalized spacial score (nSPS) is 27.1. The molecule has 1 saturated heterocycles. The summed E-state index contributed by atoms with van der Waals surface area (Å²) in [5, 5.41) is 0. The van der Waals surface area contributed by atoms with Crippen molar-refractivity contribution in [3.05, 3.63) is 0 Å². The minimum atomic E-state index is -0.697. The molecule has 0 aromatic carbocycles. The predicted octanol–water partition coefficient (Wildman–Crippen LogP) is 21.5. The molecule has 0 amide bonds. The van der Waals surface area contributed by atoms with Gasteiger partial charge in [-0.1, -0.05) is 8.53 Å². The Morgan fingerprint density at radius 2 is 1.33 bits per heavy atom. The van der Waals surface area contributed by atoms with Crippen LogP contribution in [0.2, 0.25) is 0 Å². The van der Waals surface area contributed by atoms with E-state index in [4.69, 9.17) is 22.3 Å². The number of hydrogen-bond donors (Lipinski definition) is 0. The molecule has 0 aliphatic carbocycles. The minimum absolute atomic E-state index is 0.142. The van der Waals surface area contributed by atoms with Gasteiger partial charge in [0.25, 0.3) is 0 Å². The summed E-state index contributed by atoms with van der Waals surface area (Å²) < 4.78 is 17.6. The fraction of sp³-hybridized carbons (Fsp3) is 1.00. The number of ether oxygens (including phenoxy) is 1. The van der Waals surface area contributed by atoms with Gasteiger partial charge in [0.15, 0.2) is 0 Å². The first-order chi connectivity index (χ1) is 17.5. The van der Waals surface area contributed by atoms with E-state index < -0.39 is 6.94 Å². The van der Waals surface area contributed by atoms with Gasteiger partial charge in [-0.3, -0.25) is 0 Å². The van der Waals surface area contributed by atoms with Crippen LogP contribution in [-0.2, 0) is 9.26 Å². The molecule has 0 aromatic heterocycles. The molecule has 0 N–H and O–H groups in total. The van der Waals surface area contributed by atoms with Crippen molar-refractivity contribution in [3.8, 4) is 0 Å². The van der Waals surface area contributed by atoms with Crippen LogP contribution in [0.4, 0.5) is 0 Å². The van der Waals surface area contributed by atoms with Crippen LogP contribution in [0.15, 0.2) is 4.74 Å². The van der Waals surface area contributed by atoms with Gasteiger partial charge < -0.3 is 0 Å². The van der Waals surface area contributed by atoms with Crippen LogP contribution in [-0.4, -0.2) is 24.9 Å². The molecule has 1 aliphatic rings. The number of nitrogens with zero attached hydrogens (tertiary/aromatic N) is 1. The average molecular weight is 917 g/mol. The van der Waals surface area contributed by atoms with Gasteiger partial charge in [0.05, 0.1) is 0 Å². The quantitative estimate of drug-likeness (QED) is 0.183. The molecular weight excluding hydrogens is 897 g/mol. The zero-order valence-electron chi connectivity index (χ0n) is 18.8. The Morgan fingerprint density at radius 3 is 1.92 bits per heavy atom. The Morgan fingerprint density at radius 1 is 0.806 bits per heavy atom. The van der Waals surface area contributed by atoms with E-state index >= 15 is 0 Å². The monoisotopic (exact) mass is 917 g/mol. The maximum atomic E-state index is 6.39. The van der Waals surface area contributed by atoms with Crippen molar-refractivity contribution in [3.63, 3.8) is 0 Å². The summed E-state index contributed by atoms with van der Waals surface area (Å²) in [5.74, 6) is 0.948. The van der Waals surface area contributed by atoms with Crippen molar-refractivity contribution in [1.82, 2.24) is 0 Å². The summed E-state index contributed by atoms with van der Waals surface area (Å²) in [6, 6.07) is 0.275. The second kappa shape index (κ2) is 29.6. The third-order valence-corrected chi connectivity index (χ3v) is 66.8. The predicted molar refractivity (Wildman–Crippen MR) is 215 cm³/mol. The van der Waals surface area contributed by atoms with Crippen molar-refractivity contribution >= 4 is 184 Å². The van der Waals surface area contributed by atoms with Crippen LogP contribution in [0, 0.1) is 11.8 Å². The maximum absolute atomic E-state index is 6.39. The molecule has 1 fully saturated rings. The Bertz CT molecular complexity index is 1020. The van der Waals surface area contributed by atoms with Crippen LogP contribution in [0.25, 0.3) is 0 Å². The molecule has 0 bridgehead atoms. The minimum Gasteiger partial charge on any atom is -0.0835 e. The molecule has 1 heterocycles. The third-order valence-electron chi connectivity index (χ3n) is 4.18. The van der Waals surface area contributed by atoms with Gasteiger partial charge in [-0.25, -0.2) is 0 Å². The molecule has 0 spiro atoms. The van der Waals surface area contributed by atoms with Gasteiger partial charge in [-0.05, 0) is 37.8 Å². The molecule has 7 atom stereocenters. The molecular formula is C9H19NO2P24. The summed E-state index contributed by atoms with van der Waals surface area (Å²) >= 11 is 0. The molecule has 1 rings (SSSR count). The fourth-order valence-electron chi connectivity index (χ4n) is 2.52. The van der Waals surface area contributed by atoms with E-state index in [0.717, 1.165) is 0 Å². The Kier molecular flexibility index (Phi) is 33.8. The van der Waals surface area contributed by atoms with Crippen LogP contribution < -0.4 is 0 Å². The van der Waals surface area contributed by atoms with Crippen molar-refractivity contribution < 1.29 is 9.26 Å². The van der Waals surface area contributed by atoms with Crippen LogP contribution >= 0.6 is 184 Å². The van der Waals surface area contributed by atoms with E-state index in [2.05, 4.69) is 38.2 Å². The van der Waals surface area contributed by atoms with Gasteiger partial charge >= 0.3 is 187 Å². The van der Waals surface area contributed by atoms with Crippen molar-refractivity contribution in [2.24, 2.45) is 16.6 Å². The molecule has 3 nitrogen and oxygen atoms in total. The topological polar surface area (TPSA) is 30.8 Å². The van der Waals surface area contributed by atoms with Gasteiger partial charge in [-0.2, -0.15) is 0 Å². The molecule has 1 aliphatic heterocycles. The van der Waals surface area contributed by atoms with Crippen molar-refractivity contribution in [2.75, 3.05) is 6.61 Å². The van der Waals surface area contributed by atoms with Gasteiger partial charge in [0.2, 0.25) is 0 Å². The van der Waals surface area contributed by atoms with E-state index in [0.29, 0.717) is 18.4 Å². The Hall–Kier alpha value is 7.18. The smallest absolute Gasteiger partial charge is 0.0835 e. The van der Waals surface area contributed by atoms with E-state index in [1.807, 2.05) is 0 Å². The first-order valence-electron chi connectivity index (χ1n) is 9.36. The fourth-order valence-corrected chi connectivity index (χ4v) is 79.1. The van der Waals surface area contributed by atoms with E-state index in [9.17, 15) is 0 Å². The molecule has 27 heteroatoms. The second-order valence-electron chi connectivity index (χ2n) is 6.08. The summed E-state index contributed by atoms with van der Waals surface area (Å²) in [7, 11) is 40.0. The zero-order chi connectivity index (χ0) is 26.4. The standard InChI is InChI=1S/C9H19NO2P24/c1-5-6(2)9(10-16-19-22-25-28-30-31-29-26-23-20-17-13)7(3)12-8(5)4-11-36(15)35-34-33-32-27-24-21-18-14/h5-9,13H,4,14H2,1-3H3/t5-,6?,7-,8?,9-/m0/s1. The molecule has 4 unspecified atom stereocenters. The molecule has 0 aromatic rings. The van der Waals surface area contributed by atoms with E-state index in [1.54, 1.807) is 0 Å². The average Bonchev–Trinajstić information content (AvgIpc) is 2.87. The van der Waals surface area contributed by atoms with Gasteiger partial charge in [0.1, 0.15) is 0 Å². The molecule has 0 radical (unpaired) electrons. The van der Waals surface area contributed by atoms with Crippen LogP contribution in [0.5, 0.6) is 0 Å². The summed E-state index contributed by atoms with van der Waals surface area (Å²) in [4.78, 5) is 0. The summed E-state index contributed by atoms with van der Waals surface area (Å²) in [6.07, 6.45) is 0.290. The molecule has 0 saturated carbocycles. The number of hydrogen-bond acceptors (Lipinski definition) is 3. The summed E-state index contributed by atoms with van der Waals surface area (Å²) in [5.41, 5.74) is 0. The first kappa shape index (κ1) is 41.2. The van der Waals surface area contributed by atoms with Crippen LogP contribution in [0.1, 0.15) is 20.8 Å².